The van der Waals surface area contributed by atoms with Gasteiger partial charge in [0.15, 0.2) is 9.84 Å². The number of fused-ring (bicyclic) bond motifs is 1. The number of hydrogen-bond acceptors (Lipinski definition) is 4. The Hall–Kier alpha value is -0.830. The third kappa shape index (κ3) is 2.33. The van der Waals surface area contributed by atoms with Crippen molar-refractivity contribution in [1.82, 2.24) is 9.38 Å². The van der Waals surface area contributed by atoms with E-state index in [1.807, 2.05) is 0 Å². The second kappa shape index (κ2) is 4.62. The van der Waals surface area contributed by atoms with Crippen molar-refractivity contribution in [2.45, 2.75) is 30.4 Å². The van der Waals surface area contributed by atoms with Crippen molar-refractivity contribution in [3.05, 3.63) is 22.2 Å². The van der Waals surface area contributed by atoms with E-state index in [9.17, 15) is 8.42 Å². The van der Waals surface area contributed by atoms with Crippen molar-refractivity contribution in [1.29, 1.82) is 0 Å². The molecule has 0 bridgehead atoms. The van der Waals surface area contributed by atoms with E-state index in [2.05, 4.69) is 27.6 Å². The summed E-state index contributed by atoms with van der Waals surface area (Å²) >= 11 is 2.11. The smallest absolute Gasteiger partial charge is 0.188 e. The molecule has 0 fully saturated rings. The average molecular weight is 394 g/mol. The zero-order valence-corrected chi connectivity index (χ0v) is 14.1. The lowest BCUT2D eigenvalue weighted by Gasteiger charge is -2.21. The molecule has 0 saturated heterocycles. The molecule has 0 radical (unpaired) electrons. The zero-order valence-electron chi connectivity index (χ0n) is 11.1. The summed E-state index contributed by atoms with van der Waals surface area (Å²) in [4.78, 5) is 4.38. The highest BCUT2D eigenvalue weighted by Gasteiger charge is 2.34. The summed E-state index contributed by atoms with van der Waals surface area (Å²) in [5.41, 5.74) is 0.661. The van der Waals surface area contributed by atoms with Crippen LogP contribution in [0, 0.1) is 3.70 Å². The molecule has 2 aromatic heterocycles. The van der Waals surface area contributed by atoms with Crippen LogP contribution in [0.5, 0.6) is 5.75 Å². The fraction of sp³-hybridized carbons (Fsp3) is 0.417. The lowest BCUT2D eigenvalue weighted by molar-refractivity contribution is 0.401. The van der Waals surface area contributed by atoms with E-state index in [1.165, 1.54) is 7.11 Å². The summed E-state index contributed by atoms with van der Waals surface area (Å²) in [6.45, 7) is 5.01. The maximum Gasteiger partial charge on any atom is 0.188 e. The van der Waals surface area contributed by atoms with Gasteiger partial charge >= 0.3 is 0 Å². The van der Waals surface area contributed by atoms with E-state index in [0.717, 1.165) is 3.70 Å². The quantitative estimate of drug-likeness (QED) is 0.735. The fourth-order valence-corrected chi connectivity index (χ4v) is 3.49. The molecule has 0 amide bonds. The molecule has 104 valence electrons. The first-order chi connectivity index (χ1) is 8.68. The summed E-state index contributed by atoms with van der Waals surface area (Å²) in [5.74, 6) is 0.324. The van der Waals surface area contributed by atoms with Crippen LogP contribution in [0.15, 0.2) is 23.4 Å². The van der Waals surface area contributed by atoms with Crippen LogP contribution in [-0.2, 0) is 9.84 Å². The first-order valence-corrected chi connectivity index (χ1v) is 8.20. The standard InChI is InChI=1S/C12H15IN2O3S/c1-12(2,3)19(16,17)9-7-15-10(13)6-14-11(15)5-8(9)18-4/h5-7H,1-4H3. The summed E-state index contributed by atoms with van der Waals surface area (Å²) in [5, 5.41) is 0. The average Bonchev–Trinajstić information content (AvgIpc) is 2.67. The molecule has 0 saturated carbocycles. The van der Waals surface area contributed by atoms with Crippen molar-refractivity contribution in [3.63, 3.8) is 0 Å². The van der Waals surface area contributed by atoms with Gasteiger partial charge in [-0.05, 0) is 43.4 Å². The largest absolute Gasteiger partial charge is 0.495 e. The second-order valence-electron chi connectivity index (χ2n) is 5.13. The van der Waals surface area contributed by atoms with E-state index < -0.39 is 14.6 Å². The molecular weight excluding hydrogens is 379 g/mol. The molecule has 0 spiro atoms. The van der Waals surface area contributed by atoms with E-state index in [0.29, 0.717) is 11.4 Å². The number of methoxy groups -OCH3 is 1. The van der Waals surface area contributed by atoms with Gasteiger partial charge in [0, 0.05) is 12.3 Å². The van der Waals surface area contributed by atoms with Gasteiger partial charge in [-0.2, -0.15) is 0 Å². The third-order valence-electron chi connectivity index (χ3n) is 2.85. The molecule has 0 aliphatic rings. The number of ether oxygens (including phenoxy) is 1. The van der Waals surface area contributed by atoms with Gasteiger partial charge in [-0.25, -0.2) is 13.4 Å². The normalized spacial score (nSPS) is 12.9. The number of nitrogens with zero attached hydrogens (tertiary/aromatic N) is 2. The molecule has 2 rings (SSSR count). The fourth-order valence-electron chi connectivity index (χ4n) is 1.65. The van der Waals surface area contributed by atoms with E-state index >= 15 is 0 Å². The predicted octanol–water partition coefficient (Wildman–Crippen LogP) is 2.52. The van der Waals surface area contributed by atoms with Crippen LogP contribution >= 0.6 is 22.6 Å². The number of pyridine rings is 1. The Morgan fingerprint density at radius 1 is 1.37 bits per heavy atom. The molecule has 2 heterocycles. The highest BCUT2D eigenvalue weighted by molar-refractivity contribution is 14.1. The van der Waals surface area contributed by atoms with E-state index in [-0.39, 0.29) is 4.90 Å². The molecule has 19 heavy (non-hydrogen) atoms. The number of rotatable bonds is 2. The van der Waals surface area contributed by atoms with Gasteiger partial charge in [0.05, 0.1) is 18.1 Å². The minimum absolute atomic E-state index is 0.186. The minimum atomic E-state index is -3.48. The Morgan fingerprint density at radius 2 is 2.00 bits per heavy atom. The van der Waals surface area contributed by atoms with Gasteiger partial charge < -0.3 is 4.74 Å². The maximum atomic E-state index is 12.6. The van der Waals surface area contributed by atoms with Crippen LogP contribution in [0.4, 0.5) is 0 Å². The highest BCUT2D eigenvalue weighted by Crippen LogP contribution is 2.33. The molecule has 0 unspecified atom stereocenters. The third-order valence-corrected chi connectivity index (χ3v) is 6.14. The Bertz CT molecular complexity index is 729. The van der Waals surface area contributed by atoms with Crippen LogP contribution in [0.1, 0.15) is 20.8 Å². The topological polar surface area (TPSA) is 60.7 Å². The van der Waals surface area contributed by atoms with Crippen molar-refractivity contribution in [2.75, 3.05) is 7.11 Å². The molecule has 5 nitrogen and oxygen atoms in total. The molecule has 0 atom stereocenters. The second-order valence-corrected chi connectivity index (χ2v) is 8.91. The van der Waals surface area contributed by atoms with Gasteiger partial charge in [0.1, 0.15) is 20.0 Å². The van der Waals surface area contributed by atoms with Gasteiger partial charge in [-0.15, -0.1) is 0 Å². The zero-order chi connectivity index (χ0) is 14.4. The van der Waals surface area contributed by atoms with Gasteiger partial charge in [-0.3, -0.25) is 4.40 Å². The highest BCUT2D eigenvalue weighted by atomic mass is 127. The summed E-state index contributed by atoms with van der Waals surface area (Å²) in [6.07, 6.45) is 3.26. The van der Waals surface area contributed by atoms with E-state index in [4.69, 9.17) is 4.74 Å². The lowest BCUT2D eigenvalue weighted by atomic mass is 10.3. The number of sulfone groups is 1. The van der Waals surface area contributed by atoms with Crippen LogP contribution in [-0.4, -0.2) is 29.7 Å². The van der Waals surface area contributed by atoms with Crippen LogP contribution in [0.3, 0.4) is 0 Å². The molecule has 2 aromatic rings. The Balaban J connectivity index is 2.82. The van der Waals surface area contributed by atoms with Crippen molar-refractivity contribution < 1.29 is 13.2 Å². The number of hydrogen-bond donors (Lipinski definition) is 0. The van der Waals surface area contributed by atoms with Gasteiger partial charge in [-0.1, -0.05) is 0 Å². The van der Waals surface area contributed by atoms with Gasteiger partial charge in [0.2, 0.25) is 0 Å². The van der Waals surface area contributed by atoms with Crippen LogP contribution < -0.4 is 4.74 Å². The molecular formula is C12H15IN2O3S. The summed E-state index contributed by atoms with van der Waals surface area (Å²) in [6, 6.07) is 1.64. The Labute approximate surface area is 126 Å². The number of halogens is 1. The molecule has 0 aliphatic carbocycles. The van der Waals surface area contributed by atoms with Crippen molar-refractivity contribution in [2.24, 2.45) is 0 Å². The van der Waals surface area contributed by atoms with Crippen molar-refractivity contribution >= 4 is 38.1 Å². The number of aromatic nitrogens is 2. The maximum absolute atomic E-state index is 12.6. The predicted molar refractivity (Wildman–Crippen MR) is 81.4 cm³/mol. The first kappa shape index (κ1) is 14.6. The molecule has 0 N–H and O–H groups in total. The molecule has 7 heteroatoms. The number of imidazole rings is 1. The van der Waals surface area contributed by atoms with Crippen LogP contribution in [0.2, 0.25) is 0 Å². The Kier molecular flexibility index (Phi) is 3.54. The summed E-state index contributed by atoms with van der Waals surface area (Å²) < 4.78 is 32.1. The molecule has 0 aromatic carbocycles. The van der Waals surface area contributed by atoms with Gasteiger partial charge in [0.25, 0.3) is 0 Å². The van der Waals surface area contributed by atoms with Crippen LogP contribution in [0.25, 0.3) is 5.65 Å². The van der Waals surface area contributed by atoms with E-state index in [1.54, 1.807) is 43.6 Å². The summed E-state index contributed by atoms with van der Waals surface area (Å²) in [7, 11) is -2.02. The SMILES string of the molecule is COc1cc2ncc(I)n2cc1S(=O)(=O)C(C)(C)C. The molecule has 0 aliphatic heterocycles. The monoisotopic (exact) mass is 394 g/mol. The Morgan fingerprint density at radius 3 is 2.53 bits per heavy atom. The minimum Gasteiger partial charge on any atom is -0.495 e. The van der Waals surface area contributed by atoms with Crippen molar-refractivity contribution in [3.8, 4) is 5.75 Å². The first-order valence-electron chi connectivity index (χ1n) is 5.63. The lowest BCUT2D eigenvalue weighted by Crippen LogP contribution is -2.28.